The largest absolute Gasteiger partial charge is 0.483 e. The van der Waals surface area contributed by atoms with Crippen LogP contribution in [-0.2, 0) is 19.1 Å². The number of nitrogens with one attached hydrogen (secondary N) is 1. The van der Waals surface area contributed by atoms with Crippen molar-refractivity contribution >= 4 is 17.8 Å². The van der Waals surface area contributed by atoms with Gasteiger partial charge in [0.1, 0.15) is 5.75 Å². The number of hydrogen-bond donors (Lipinski definition) is 1. The molecule has 0 saturated heterocycles. The number of nitrogens with zero attached hydrogens (tertiary/aromatic N) is 1. The van der Waals surface area contributed by atoms with Gasteiger partial charge in [0.2, 0.25) is 5.91 Å². The third-order valence-electron chi connectivity index (χ3n) is 3.84. The monoisotopic (exact) mass is 364 g/mol. The second kappa shape index (κ2) is 11.1. The van der Waals surface area contributed by atoms with E-state index < -0.39 is 0 Å². The molecule has 7 heteroatoms. The Kier molecular flexibility index (Phi) is 9.19. The number of carbonyl (C=O) groups excluding carboxylic acids is 3. The van der Waals surface area contributed by atoms with Crippen molar-refractivity contribution in [2.75, 3.05) is 33.4 Å². The van der Waals surface area contributed by atoms with Gasteiger partial charge in [0, 0.05) is 26.6 Å². The molecule has 0 heterocycles. The van der Waals surface area contributed by atoms with Gasteiger partial charge >= 0.3 is 5.97 Å². The van der Waals surface area contributed by atoms with Crippen molar-refractivity contribution in [3.63, 3.8) is 0 Å². The molecule has 0 aliphatic carbocycles. The predicted molar refractivity (Wildman–Crippen MR) is 97.9 cm³/mol. The Hall–Kier alpha value is -2.57. The molecular formula is C19H28N2O5. The Balaban J connectivity index is 2.61. The van der Waals surface area contributed by atoms with Crippen molar-refractivity contribution in [2.45, 2.75) is 33.6 Å². The van der Waals surface area contributed by atoms with Crippen LogP contribution in [0.15, 0.2) is 18.2 Å². The molecule has 0 saturated carbocycles. The molecule has 0 aliphatic heterocycles. The molecule has 144 valence electrons. The number of benzene rings is 1. The SMILES string of the molecule is COC(=O)CCN(CCCNC(C)=O)C(=O)COc1cc(C)ccc1C. The molecule has 0 unspecified atom stereocenters. The molecular weight excluding hydrogens is 336 g/mol. The van der Waals surface area contributed by atoms with E-state index in [2.05, 4.69) is 10.1 Å². The number of carbonyl (C=O) groups is 3. The number of esters is 1. The molecule has 7 nitrogen and oxygen atoms in total. The van der Waals surface area contributed by atoms with Crippen molar-refractivity contribution < 1.29 is 23.9 Å². The van der Waals surface area contributed by atoms with Crippen LogP contribution in [0, 0.1) is 13.8 Å². The van der Waals surface area contributed by atoms with E-state index in [1.165, 1.54) is 14.0 Å². The summed E-state index contributed by atoms with van der Waals surface area (Å²) in [4.78, 5) is 36.4. The summed E-state index contributed by atoms with van der Waals surface area (Å²) in [5, 5.41) is 2.69. The number of aryl methyl sites for hydroxylation is 2. The highest BCUT2D eigenvalue weighted by molar-refractivity contribution is 5.78. The topological polar surface area (TPSA) is 84.9 Å². The Morgan fingerprint density at radius 3 is 2.54 bits per heavy atom. The van der Waals surface area contributed by atoms with E-state index in [0.717, 1.165) is 11.1 Å². The number of methoxy groups -OCH3 is 1. The molecule has 0 aliphatic rings. The van der Waals surface area contributed by atoms with Crippen molar-refractivity contribution in [3.05, 3.63) is 29.3 Å². The zero-order valence-corrected chi connectivity index (χ0v) is 16.0. The van der Waals surface area contributed by atoms with Crippen molar-refractivity contribution in [1.82, 2.24) is 10.2 Å². The first-order valence-corrected chi connectivity index (χ1v) is 8.62. The van der Waals surface area contributed by atoms with Crippen LogP contribution in [0.1, 0.15) is 30.9 Å². The van der Waals surface area contributed by atoms with E-state index in [1.807, 2.05) is 32.0 Å². The minimum absolute atomic E-state index is 0.106. The lowest BCUT2D eigenvalue weighted by Crippen LogP contribution is -2.38. The van der Waals surface area contributed by atoms with Crippen molar-refractivity contribution in [1.29, 1.82) is 0 Å². The lowest BCUT2D eigenvalue weighted by Gasteiger charge is -2.22. The van der Waals surface area contributed by atoms with Crippen LogP contribution >= 0.6 is 0 Å². The average Bonchev–Trinajstić information content (AvgIpc) is 2.60. The van der Waals surface area contributed by atoms with Gasteiger partial charge in [0.15, 0.2) is 6.61 Å². The molecule has 0 bridgehead atoms. The number of rotatable bonds is 10. The van der Waals surface area contributed by atoms with Crippen molar-refractivity contribution in [3.8, 4) is 5.75 Å². The lowest BCUT2D eigenvalue weighted by molar-refractivity contribution is -0.142. The highest BCUT2D eigenvalue weighted by Crippen LogP contribution is 2.19. The van der Waals surface area contributed by atoms with Gasteiger partial charge < -0.3 is 19.7 Å². The maximum atomic E-state index is 12.5. The molecule has 1 N–H and O–H groups in total. The fraction of sp³-hybridized carbons (Fsp3) is 0.526. The van der Waals surface area contributed by atoms with Gasteiger partial charge in [0.05, 0.1) is 13.5 Å². The molecule has 1 rings (SSSR count). The van der Waals surface area contributed by atoms with Crippen molar-refractivity contribution in [2.24, 2.45) is 0 Å². The quantitative estimate of drug-likeness (QED) is 0.503. The molecule has 0 radical (unpaired) electrons. The minimum Gasteiger partial charge on any atom is -0.483 e. The molecule has 1 aromatic carbocycles. The van der Waals surface area contributed by atoms with Gasteiger partial charge in [-0.05, 0) is 37.5 Å². The fourth-order valence-electron chi connectivity index (χ4n) is 2.32. The number of amides is 2. The van der Waals surface area contributed by atoms with E-state index in [1.54, 1.807) is 4.90 Å². The van der Waals surface area contributed by atoms with E-state index in [4.69, 9.17) is 4.74 Å². The summed E-state index contributed by atoms with van der Waals surface area (Å²) in [6.45, 7) is 6.35. The summed E-state index contributed by atoms with van der Waals surface area (Å²) in [5.74, 6) is -0.0297. The van der Waals surface area contributed by atoms with Gasteiger partial charge in [-0.3, -0.25) is 14.4 Å². The normalized spacial score (nSPS) is 10.2. The zero-order chi connectivity index (χ0) is 19.5. The van der Waals surface area contributed by atoms with E-state index in [0.29, 0.717) is 25.3 Å². The van der Waals surface area contributed by atoms with Crippen LogP contribution in [0.5, 0.6) is 5.75 Å². The Morgan fingerprint density at radius 1 is 1.15 bits per heavy atom. The Labute approximate surface area is 154 Å². The molecule has 2 amide bonds. The second-order valence-corrected chi connectivity index (χ2v) is 6.10. The van der Waals surface area contributed by atoms with E-state index in [-0.39, 0.29) is 37.4 Å². The number of hydrogen-bond acceptors (Lipinski definition) is 5. The summed E-state index contributed by atoms with van der Waals surface area (Å²) < 4.78 is 10.3. The van der Waals surface area contributed by atoms with Gasteiger partial charge in [-0.25, -0.2) is 0 Å². The van der Waals surface area contributed by atoms with E-state index in [9.17, 15) is 14.4 Å². The van der Waals surface area contributed by atoms with Crippen LogP contribution in [0.3, 0.4) is 0 Å². The highest BCUT2D eigenvalue weighted by Gasteiger charge is 2.16. The first-order valence-electron chi connectivity index (χ1n) is 8.62. The van der Waals surface area contributed by atoms with Gasteiger partial charge in [0.25, 0.3) is 5.91 Å². The molecule has 0 spiro atoms. The molecule has 0 aromatic heterocycles. The molecule has 26 heavy (non-hydrogen) atoms. The zero-order valence-electron chi connectivity index (χ0n) is 16.0. The van der Waals surface area contributed by atoms with Gasteiger partial charge in [-0.2, -0.15) is 0 Å². The van der Waals surface area contributed by atoms with E-state index >= 15 is 0 Å². The van der Waals surface area contributed by atoms with Crippen LogP contribution in [0.25, 0.3) is 0 Å². The third-order valence-corrected chi connectivity index (χ3v) is 3.84. The lowest BCUT2D eigenvalue weighted by atomic mass is 10.1. The average molecular weight is 364 g/mol. The standard InChI is InChI=1S/C19H28N2O5/c1-14-6-7-15(2)17(12-14)26-13-18(23)21(11-8-19(24)25-4)10-5-9-20-16(3)22/h6-7,12H,5,8-11,13H2,1-4H3,(H,20,22). The number of ether oxygens (including phenoxy) is 2. The maximum Gasteiger partial charge on any atom is 0.307 e. The summed E-state index contributed by atoms with van der Waals surface area (Å²) in [6, 6.07) is 5.81. The first-order chi connectivity index (χ1) is 12.3. The fourth-order valence-corrected chi connectivity index (χ4v) is 2.32. The molecule has 0 fully saturated rings. The Morgan fingerprint density at radius 2 is 1.88 bits per heavy atom. The highest BCUT2D eigenvalue weighted by atomic mass is 16.5. The predicted octanol–water partition coefficient (Wildman–Crippen LogP) is 1.60. The summed E-state index contributed by atoms with van der Waals surface area (Å²) in [6.07, 6.45) is 0.710. The summed E-state index contributed by atoms with van der Waals surface area (Å²) in [7, 11) is 1.31. The van der Waals surface area contributed by atoms with Gasteiger partial charge in [-0.15, -0.1) is 0 Å². The van der Waals surface area contributed by atoms with Crippen LogP contribution in [-0.4, -0.2) is 56.0 Å². The van der Waals surface area contributed by atoms with Gasteiger partial charge in [-0.1, -0.05) is 12.1 Å². The van der Waals surface area contributed by atoms with Crippen LogP contribution in [0.2, 0.25) is 0 Å². The first kappa shape index (κ1) is 21.5. The second-order valence-electron chi connectivity index (χ2n) is 6.10. The molecule has 0 atom stereocenters. The Bertz CT molecular complexity index is 630. The smallest absolute Gasteiger partial charge is 0.307 e. The minimum atomic E-state index is -0.375. The van der Waals surface area contributed by atoms with Crippen LogP contribution < -0.4 is 10.1 Å². The summed E-state index contributed by atoms with van der Waals surface area (Å²) in [5.41, 5.74) is 2.01. The van der Waals surface area contributed by atoms with Crippen LogP contribution in [0.4, 0.5) is 0 Å². The third kappa shape index (κ3) is 8.00. The summed E-state index contributed by atoms with van der Waals surface area (Å²) >= 11 is 0. The maximum absolute atomic E-state index is 12.5. The molecule has 1 aromatic rings.